The van der Waals surface area contributed by atoms with Crippen molar-refractivity contribution in [3.63, 3.8) is 0 Å². The van der Waals surface area contributed by atoms with Crippen LogP contribution < -0.4 is 33.2 Å². The average molecular weight is 810 g/mol. The van der Waals surface area contributed by atoms with E-state index < -0.39 is 84.7 Å². The number of Topliss-reactive ketones (excluding diaryl/α,β-unsaturated/α-hetero) is 2. The van der Waals surface area contributed by atoms with Gasteiger partial charge in [0, 0.05) is 44.9 Å². The maximum absolute atomic E-state index is 15.0. The molecule has 6 rings (SSSR count). The standard InChI is InChI=1S/C40H71N7O10/c1-4-22-25(55-3)15-26(56-38-36(52)37(53)40(54,27(18-48)57-38)11-9-19-10-12-45-29(42)13-19)32-30(22)33(49)23-14-21(7-5-20-6-8-28(41)46-16-20)24(17-47-39(43)44-2)34(50)31(23)35(32)51/h19-32,34,36-38,45-46,48,50,52-54H,4-18,41-42H2,1-3H3,(H3,43,44,47)/t19?,20?,21?,22?,23?,24?,25?,26?,27-,28?,29?,30?,31?,32?,34?,36-,37-,38+,40-/m1/s1. The fourth-order valence-corrected chi connectivity index (χ4v) is 11.6. The van der Waals surface area contributed by atoms with Crippen LogP contribution in [-0.2, 0) is 23.8 Å². The van der Waals surface area contributed by atoms with Gasteiger partial charge in [-0.05, 0) is 94.5 Å². The highest BCUT2D eigenvalue weighted by atomic mass is 16.7. The Balaban J connectivity index is 1.23. The molecular weight excluding hydrogens is 738 g/mol. The van der Waals surface area contributed by atoms with E-state index in [4.69, 9.17) is 31.4 Å². The lowest BCUT2D eigenvalue weighted by molar-refractivity contribution is -0.347. The zero-order valence-electron chi connectivity index (χ0n) is 34.0. The summed E-state index contributed by atoms with van der Waals surface area (Å²) in [7, 11) is 3.13. The zero-order valence-corrected chi connectivity index (χ0v) is 34.0. The molecule has 326 valence electrons. The minimum absolute atomic E-state index is 0.0110. The van der Waals surface area contributed by atoms with Crippen LogP contribution in [0.15, 0.2) is 4.99 Å². The van der Waals surface area contributed by atoms with E-state index in [1.165, 1.54) is 0 Å². The summed E-state index contributed by atoms with van der Waals surface area (Å²) in [5, 5.41) is 67.0. The molecular formula is C40H71N7O10. The number of ketones is 2. The number of ether oxygens (including phenoxy) is 3. The first-order valence-electron chi connectivity index (χ1n) is 21.5. The van der Waals surface area contributed by atoms with Crippen LogP contribution in [0, 0.1) is 53.3 Å². The number of methoxy groups -OCH3 is 1. The van der Waals surface area contributed by atoms with E-state index in [-0.39, 0.29) is 67.0 Å². The van der Waals surface area contributed by atoms with Gasteiger partial charge < -0.3 is 72.9 Å². The molecule has 0 aromatic heterocycles. The van der Waals surface area contributed by atoms with Gasteiger partial charge in [0.25, 0.3) is 0 Å². The number of aliphatic imine (C=N–C) groups is 1. The number of nitrogens with zero attached hydrogens (tertiary/aromatic N) is 1. The summed E-state index contributed by atoms with van der Waals surface area (Å²) in [6.07, 6.45) is -2.35. The number of nitrogens with one attached hydrogen (secondary N) is 3. The van der Waals surface area contributed by atoms with E-state index in [0.29, 0.717) is 31.6 Å². The average Bonchev–Trinajstić information content (AvgIpc) is 3.20. The maximum Gasteiger partial charge on any atom is 0.188 e. The molecule has 3 aliphatic heterocycles. The Kier molecular flexibility index (Phi) is 15.1. The normalized spacial score (nSPS) is 46.9. The zero-order chi connectivity index (χ0) is 41.2. The molecule has 57 heavy (non-hydrogen) atoms. The Morgan fingerprint density at radius 2 is 1.70 bits per heavy atom. The second kappa shape index (κ2) is 19.2. The van der Waals surface area contributed by atoms with Crippen LogP contribution in [0.25, 0.3) is 0 Å². The summed E-state index contributed by atoms with van der Waals surface area (Å²) in [6.45, 7) is 3.12. The van der Waals surface area contributed by atoms with Crippen molar-refractivity contribution in [2.24, 2.45) is 75.5 Å². The smallest absolute Gasteiger partial charge is 0.188 e. The van der Waals surface area contributed by atoms with Gasteiger partial charge in [0.05, 0.1) is 49.1 Å². The van der Waals surface area contributed by atoms with Crippen molar-refractivity contribution in [1.82, 2.24) is 16.0 Å². The van der Waals surface area contributed by atoms with Gasteiger partial charge in [-0.1, -0.05) is 13.3 Å². The Morgan fingerprint density at radius 1 is 0.930 bits per heavy atom. The second-order valence-electron chi connectivity index (χ2n) is 18.0. The Bertz CT molecular complexity index is 1390. The van der Waals surface area contributed by atoms with Crippen molar-refractivity contribution in [3.8, 4) is 0 Å². The van der Waals surface area contributed by atoms with Crippen LogP contribution in [0.4, 0.5) is 0 Å². The number of piperidine rings is 2. The third kappa shape index (κ3) is 9.25. The quantitative estimate of drug-likeness (QED) is 0.0728. The number of carbonyl (C=O) groups is 2. The van der Waals surface area contributed by atoms with Crippen molar-refractivity contribution >= 4 is 17.5 Å². The van der Waals surface area contributed by atoms with Gasteiger partial charge in [0.2, 0.25) is 0 Å². The van der Waals surface area contributed by atoms with Crippen molar-refractivity contribution < 1.29 is 49.3 Å². The summed E-state index contributed by atoms with van der Waals surface area (Å²) < 4.78 is 18.5. The first kappa shape index (κ1) is 44.7. The van der Waals surface area contributed by atoms with Gasteiger partial charge >= 0.3 is 0 Å². The predicted octanol–water partition coefficient (Wildman–Crippen LogP) is -1.74. The first-order chi connectivity index (χ1) is 27.3. The Labute approximate surface area is 336 Å². The molecule has 0 bridgehead atoms. The lowest BCUT2D eigenvalue weighted by Gasteiger charge is -2.55. The number of nitrogens with two attached hydrogens (primary N) is 3. The number of aliphatic hydroxyl groups excluding tert-OH is 4. The SMILES string of the molecule is CCC1C(OC)CC(O[C@H]2O[C@H](CO)[C@](O)(CCC3CCNC(N)C3)[C@H](O)[C@H]2O)C2C(=O)C3C(CC(CCC4CCC(N)NC4)C(CNC(N)=NC)C3O)C(=O)C12. The van der Waals surface area contributed by atoms with E-state index in [0.717, 1.165) is 45.2 Å². The van der Waals surface area contributed by atoms with Crippen LogP contribution in [-0.4, -0.2) is 144 Å². The van der Waals surface area contributed by atoms with Crippen LogP contribution >= 0.6 is 0 Å². The minimum atomic E-state index is -1.98. The molecule has 17 nitrogen and oxygen atoms in total. The summed E-state index contributed by atoms with van der Waals surface area (Å²) in [5.74, 6) is -3.76. The van der Waals surface area contributed by atoms with E-state index in [9.17, 15) is 30.3 Å². The number of hydrogen-bond acceptors (Lipinski definition) is 15. The van der Waals surface area contributed by atoms with E-state index in [1.807, 2.05) is 6.92 Å². The van der Waals surface area contributed by atoms with Gasteiger partial charge in [-0.25, -0.2) is 0 Å². The summed E-state index contributed by atoms with van der Waals surface area (Å²) in [4.78, 5) is 34.0. The number of fused-ring (bicyclic) bond motifs is 2. The number of hydrogen-bond donors (Lipinski definition) is 11. The van der Waals surface area contributed by atoms with E-state index >= 15 is 4.79 Å². The van der Waals surface area contributed by atoms with Crippen LogP contribution in [0.2, 0.25) is 0 Å². The fourth-order valence-electron chi connectivity index (χ4n) is 11.6. The molecule has 3 saturated heterocycles. The highest BCUT2D eigenvalue weighted by molar-refractivity contribution is 6.01. The number of carbonyl (C=O) groups excluding carboxylic acids is 2. The van der Waals surface area contributed by atoms with Gasteiger partial charge in [-0.3, -0.25) is 14.6 Å². The molecule has 0 aromatic carbocycles. The molecule has 6 fully saturated rings. The predicted molar refractivity (Wildman–Crippen MR) is 210 cm³/mol. The summed E-state index contributed by atoms with van der Waals surface area (Å²) in [6, 6.07) is 0. The molecule has 19 atom stereocenters. The summed E-state index contributed by atoms with van der Waals surface area (Å²) >= 11 is 0. The van der Waals surface area contributed by atoms with Crippen molar-refractivity contribution in [2.45, 2.75) is 138 Å². The van der Waals surface area contributed by atoms with Gasteiger partial charge in [-0.15, -0.1) is 0 Å². The number of aliphatic hydroxyl groups is 5. The molecule has 6 aliphatic rings. The number of rotatable bonds is 13. The third-order valence-electron chi connectivity index (χ3n) is 14.9. The minimum Gasteiger partial charge on any atom is -0.394 e. The van der Waals surface area contributed by atoms with Gasteiger partial charge in [-0.2, -0.15) is 0 Å². The van der Waals surface area contributed by atoms with Crippen LogP contribution in [0.3, 0.4) is 0 Å². The number of guanidine groups is 1. The molecule has 0 amide bonds. The van der Waals surface area contributed by atoms with Gasteiger partial charge in [0.1, 0.15) is 35.5 Å². The first-order valence-corrected chi connectivity index (χ1v) is 21.5. The highest BCUT2D eigenvalue weighted by Crippen LogP contribution is 2.53. The molecule has 14 N–H and O–H groups in total. The lowest BCUT2D eigenvalue weighted by atomic mass is 9.51. The fraction of sp³-hybridized carbons (Fsp3) is 0.925. The highest BCUT2D eigenvalue weighted by Gasteiger charge is 2.63. The monoisotopic (exact) mass is 810 g/mol. The Morgan fingerprint density at radius 3 is 2.35 bits per heavy atom. The van der Waals surface area contributed by atoms with Crippen LogP contribution in [0.1, 0.15) is 77.6 Å². The topological polar surface area (TPSA) is 289 Å². The molecule has 0 aromatic rings. The largest absolute Gasteiger partial charge is 0.394 e. The molecule has 3 heterocycles. The third-order valence-corrected chi connectivity index (χ3v) is 14.9. The molecule has 0 spiro atoms. The van der Waals surface area contributed by atoms with Gasteiger partial charge in [0.15, 0.2) is 12.2 Å². The Hall–Kier alpha value is -1.87. The molecule has 14 unspecified atom stereocenters. The lowest BCUT2D eigenvalue weighted by Crippen LogP contribution is -2.69. The van der Waals surface area contributed by atoms with Crippen molar-refractivity contribution in [1.29, 1.82) is 0 Å². The maximum atomic E-state index is 15.0. The molecule has 3 saturated carbocycles. The van der Waals surface area contributed by atoms with Crippen molar-refractivity contribution in [2.75, 3.05) is 40.4 Å². The molecule has 3 aliphatic carbocycles. The molecule has 17 heteroatoms. The molecule has 0 radical (unpaired) electrons. The van der Waals surface area contributed by atoms with E-state index in [1.54, 1.807) is 14.2 Å². The van der Waals surface area contributed by atoms with Crippen molar-refractivity contribution in [3.05, 3.63) is 0 Å². The second-order valence-corrected chi connectivity index (χ2v) is 18.0. The summed E-state index contributed by atoms with van der Waals surface area (Å²) in [5.41, 5.74) is 16.2. The van der Waals surface area contributed by atoms with E-state index in [2.05, 4.69) is 20.9 Å². The van der Waals surface area contributed by atoms with Crippen LogP contribution in [0.5, 0.6) is 0 Å².